The normalized spacial score (nSPS) is 12.6. The van der Waals surface area contributed by atoms with Crippen LogP contribution < -0.4 is 24.8 Å². The minimum absolute atomic E-state index is 0.160. The quantitative estimate of drug-likeness (QED) is 0.528. The van der Waals surface area contributed by atoms with E-state index in [2.05, 4.69) is 10.6 Å². The summed E-state index contributed by atoms with van der Waals surface area (Å²) < 4.78 is 16.0. The average molecular weight is 447 g/mol. The number of rotatable bonds is 9. The number of hydrogen-bond donors (Lipinski definition) is 2. The van der Waals surface area contributed by atoms with Gasteiger partial charge in [0.25, 0.3) is 0 Å². The summed E-state index contributed by atoms with van der Waals surface area (Å²) in [7, 11) is 1.59. The summed E-state index contributed by atoms with van der Waals surface area (Å²) in [4.78, 5) is 25.8. The molecule has 0 spiro atoms. The van der Waals surface area contributed by atoms with Gasteiger partial charge in [-0.15, -0.1) is 0 Å². The second-order valence-electron chi connectivity index (χ2n) is 7.74. The van der Waals surface area contributed by atoms with Gasteiger partial charge in [-0.25, -0.2) is 0 Å². The van der Waals surface area contributed by atoms with Crippen LogP contribution in [0.1, 0.15) is 16.7 Å². The molecule has 0 saturated carbocycles. The SMILES string of the molecule is COc1ccc(CC(=O)NC(Cc2ccc3c(c2)OCO3)C(=O)NCc2ccccc2)cc1. The molecule has 3 aromatic carbocycles. The molecule has 0 aromatic heterocycles. The molecule has 2 N–H and O–H groups in total. The molecule has 7 nitrogen and oxygen atoms in total. The molecule has 0 radical (unpaired) electrons. The summed E-state index contributed by atoms with van der Waals surface area (Å²) >= 11 is 0. The van der Waals surface area contributed by atoms with Crippen molar-refractivity contribution >= 4 is 11.8 Å². The molecule has 2 amide bonds. The largest absolute Gasteiger partial charge is 0.497 e. The molecule has 1 atom stereocenters. The van der Waals surface area contributed by atoms with Crippen LogP contribution in [0.3, 0.4) is 0 Å². The number of fused-ring (bicyclic) bond motifs is 1. The van der Waals surface area contributed by atoms with Crippen LogP contribution >= 0.6 is 0 Å². The fraction of sp³-hybridized carbons (Fsp3) is 0.231. The molecule has 33 heavy (non-hydrogen) atoms. The summed E-state index contributed by atoms with van der Waals surface area (Å²) in [5.41, 5.74) is 2.68. The number of carbonyl (C=O) groups excluding carboxylic acids is 2. The maximum Gasteiger partial charge on any atom is 0.243 e. The molecule has 3 aromatic rings. The Bertz CT molecular complexity index is 1100. The van der Waals surface area contributed by atoms with Gasteiger partial charge in [-0.05, 0) is 41.0 Å². The van der Waals surface area contributed by atoms with Crippen molar-refractivity contribution in [1.82, 2.24) is 10.6 Å². The Balaban J connectivity index is 1.44. The van der Waals surface area contributed by atoms with Crippen LogP contribution in [-0.2, 0) is 29.0 Å². The number of hydrogen-bond acceptors (Lipinski definition) is 5. The van der Waals surface area contributed by atoms with Gasteiger partial charge in [0.2, 0.25) is 18.6 Å². The van der Waals surface area contributed by atoms with E-state index in [1.165, 1.54) is 0 Å². The zero-order valence-corrected chi connectivity index (χ0v) is 18.4. The third-order valence-corrected chi connectivity index (χ3v) is 5.36. The second-order valence-corrected chi connectivity index (χ2v) is 7.74. The van der Waals surface area contributed by atoms with Crippen LogP contribution in [0.15, 0.2) is 72.8 Å². The van der Waals surface area contributed by atoms with Crippen molar-refractivity contribution in [2.24, 2.45) is 0 Å². The summed E-state index contributed by atoms with van der Waals surface area (Å²) in [6, 6.07) is 21.7. The van der Waals surface area contributed by atoms with Gasteiger partial charge in [0.1, 0.15) is 11.8 Å². The zero-order chi connectivity index (χ0) is 23.0. The summed E-state index contributed by atoms with van der Waals surface area (Å²) in [6.45, 7) is 0.560. The molecule has 7 heteroatoms. The molecule has 1 aliphatic heterocycles. The van der Waals surface area contributed by atoms with Gasteiger partial charge in [-0.3, -0.25) is 9.59 Å². The highest BCUT2D eigenvalue weighted by atomic mass is 16.7. The molecule has 170 valence electrons. The van der Waals surface area contributed by atoms with Crippen molar-refractivity contribution in [3.05, 3.63) is 89.5 Å². The third-order valence-electron chi connectivity index (χ3n) is 5.36. The first-order valence-electron chi connectivity index (χ1n) is 10.7. The van der Waals surface area contributed by atoms with Crippen molar-refractivity contribution < 1.29 is 23.8 Å². The number of methoxy groups -OCH3 is 1. The number of amides is 2. The minimum Gasteiger partial charge on any atom is -0.497 e. The topological polar surface area (TPSA) is 85.9 Å². The monoisotopic (exact) mass is 446 g/mol. The lowest BCUT2D eigenvalue weighted by Gasteiger charge is -2.19. The number of carbonyl (C=O) groups is 2. The van der Waals surface area contributed by atoms with Crippen molar-refractivity contribution in [3.63, 3.8) is 0 Å². The summed E-state index contributed by atoms with van der Waals surface area (Å²) in [6.07, 6.45) is 0.485. The van der Waals surface area contributed by atoms with Gasteiger partial charge in [-0.2, -0.15) is 0 Å². The molecule has 1 unspecified atom stereocenters. The summed E-state index contributed by atoms with van der Waals surface area (Å²) in [5, 5.41) is 5.82. The van der Waals surface area contributed by atoms with E-state index in [0.717, 1.165) is 22.4 Å². The maximum absolute atomic E-state index is 13.0. The van der Waals surface area contributed by atoms with E-state index < -0.39 is 6.04 Å². The van der Waals surface area contributed by atoms with E-state index in [4.69, 9.17) is 14.2 Å². The van der Waals surface area contributed by atoms with Gasteiger partial charge < -0.3 is 24.8 Å². The standard InChI is InChI=1S/C26H26N2O5/c1-31-21-10-7-18(8-11-21)15-25(29)28-22(26(30)27-16-19-5-3-2-4-6-19)13-20-9-12-23-24(14-20)33-17-32-23/h2-12,14,22H,13,15-17H2,1H3,(H,27,30)(H,28,29). The Morgan fingerprint density at radius 1 is 0.909 bits per heavy atom. The highest BCUT2D eigenvalue weighted by Gasteiger charge is 2.23. The maximum atomic E-state index is 13.0. The van der Waals surface area contributed by atoms with Gasteiger partial charge in [-0.1, -0.05) is 48.5 Å². The van der Waals surface area contributed by atoms with Gasteiger partial charge in [0.15, 0.2) is 11.5 Å². The first-order chi connectivity index (χ1) is 16.1. The van der Waals surface area contributed by atoms with Crippen LogP contribution in [0.25, 0.3) is 0 Å². The molecular weight excluding hydrogens is 420 g/mol. The van der Waals surface area contributed by atoms with Crippen LogP contribution in [0.2, 0.25) is 0 Å². The molecule has 0 saturated heterocycles. The van der Waals surface area contributed by atoms with Crippen molar-refractivity contribution in [3.8, 4) is 17.2 Å². The van der Waals surface area contributed by atoms with Crippen LogP contribution in [0.4, 0.5) is 0 Å². The molecule has 1 aliphatic rings. The number of ether oxygens (including phenoxy) is 3. The Morgan fingerprint density at radius 3 is 2.39 bits per heavy atom. The summed E-state index contributed by atoms with van der Waals surface area (Å²) in [5.74, 6) is 1.55. The predicted octanol–water partition coefficient (Wildman–Crippen LogP) is 3.01. The highest BCUT2D eigenvalue weighted by molar-refractivity contribution is 5.88. The Kier molecular flexibility index (Phi) is 7.09. The van der Waals surface area contributed by atoms with Crippen LogP contribution in [-0.4, -0.2) is 31.8 Å². The molecule has 0 fully saturated rings. The predicted molar refractivity (Wildman–Crippen MR) is 123 cm³/mol. The molecule has 0 bridgehead atoms. The molecule has 4 rings (SSSR count). The first-order valence-corrected chi connectivity index (χ1v) is 10.7. The van der Waals surface area contributed by atoms with Crippen molar-refractivity contribution in [2.75, 3.05) is 13.9 Å². The molecule has 1 heterocycles. The Labute approximate surface area is 192 Å². The third kappa shape index (κ3) is 6.04. The minimum atomic E-state index is -0.736. The zero-order valence-electron chi connectivity index (χ0n) is 18.4. The van der Waals surface area contributed by atoms with E-state index in [0.29, 0.717) is 24.5 Å². The number of nitrogens with one attached hydrogen (secondary N) is 2. The Morgan fingerprint density at radius 2 is 1.64 bits per heavy atom. The smallest absolute Gasteiger partial charge is 0.243 e. The van der Waals surface area contributed by atoms with E-state index >= 15 is 0 Å². The molecular formula is C26H26N2O5. The van der Waals surface area contributed by atoms with E-state index in [1.54, 1.807) is 19.2 Å². The molecule has 0 aliphatic carbocycles. The van der Waals surface area contributed by atoms with Crippen LogP contribution in [0, 0.1) is 0 Å². The average Bonchev–Trinajstić information content (AvgIpc) is 3.31. The Hall–Kier alpha value is -4.00. The van der Waals surface area contributed by atoms with E-state index in [-0.39, 0.29) is 25.0 Å². The van der Waals surface area contributed by atoms with E-state index in [9.17, 15) is 9.59 Å². The van der Waals surface area contributed by atoms with Gasteiger partial charge in [0.05, 0.1) is 13.5 Å². The lowest BCUT2D eigenvalue weighted by molar-refractivity contribution is -0.128. The highest BCUT2D eigenvalue weighted by Crippen LogP contribution is 2.32. The fourth-order valence-corrected chi connectivity index (χ4v) is 3.60. The number of benzene rings is 3. The second kappa shape index (κ2) is 10.5. The van der Waals surface area contributed by atoms with Gasteiger partial charge >= 0.3 is 0 Å². The lowest BCUT2D eigenvalue weighted by atomic mass is 10.0. The fourth-order valence-electron chi connectivity index (χ4n) is 3.60. The lowest BCUT2D eigenvalue weighted by Crippen LogP contribution is -2.48. The van der Waals surface area contributed by atoms with Crippen molar-refractivity contribution in [1.29, 1.82) is 0 Å². The van der Waals surface area contributed by atoms with Crippen LogP contribution in [0.5, 0.6) is 17.2 Å². The van der Waals surface area contributed by atoms with Crippen molar-refractivity contribution in [2.45, 2.75) is 25.4 Å². The van der Waals surface area contributed by atoms with Gasteiger partial charge in [0, 0.05) is 13.0 Å². The first kappa shape index (κ1) is 22.2. The van der Waals surface area contributed by atoms with E-state index in [1.807, 2.05) is 60.7 Å².